The van der Waals surface area contributed by atoms with Crippen LogP contribution in [0.3, 0.4) is 0 Å². The summed E-state index contributed by atoms with van der Waals surface area (Å²) in [6, 6.07) is 11.9. The lowest BCUT2D eigenvalue weighted by atomic mass is 9.86. The Morgan fingerprint density at radius 1 is 1.18 bits per heavy atom. The van der Waals surface area contributed by atoms with Crippen molar-refractivity contribution in [1.82, 2.24) is 0 Å². The summed E-state index contributed by atoms with van der Waals surface area (Å²) in [6.45, 7) is 8.00. The Balaban J connectivity index is 2.10. The predicted octanol–water partition coefficient (Wildman–Crippen LogP) is 6.36. The fourth-order valence-corrected chi connectivity index (χ4v) is 4.02. The molecule has 1 aliphatic rings. The van der Waals surface area contributed by atoms with Crippen molar-refractivity contribution in [2.45, 2.75) is 69.9 Å². The third kappa shape index (κ3) is 3.58. The van der Waals surface area contributed by atoms with Gasteiger partial charge in [0.1, 0.15) is 0 Å². The monoisotopic (exact) mass is 392 g/mol. The Morgan fingerprint density at radius 3 is 2.39 bits per heavy atom. The SMILES string of the molecule is C=C(C)c1ccc2cccc(C3(OC(C)C(C)(O)C(F)(F)F)CCCC3)c2c1. The Bertz CT molecular complexity index is 877. The molecule has 0 spiro atoms. The van der Waals surface area contributed by atoms with Crippen molar-refractivity contribution in [3.05, 3.63) is 54.1 Å². The minimum Gasteiger partial charge on any atom is -0.379 e. The van der Waals surface area contributed by atoms with E-state index in [-0.39, 0.29) is 0 Å². The van der Waals surface area contributed by atoms with Crippen molar-refractivity contribution in [1.29, 1.82) is 0 Å². The van der Waals surface area contributed by atoms with E-state index in [2.05, 4.69) is 6.58 Å². The summed E-state index contributed by atoms with van der Waals surface area (Å²) in [6.07, 6.45) is -3.17. The van der Waals surface area contributed by atoms with Crippen LogP contribution in [-0.2, 0) is 10.3 Å². The highest BCUT2D eigenvalue weighted by molar-refractivity contribution is 5.89. The van der Waals surface area contributed by atoms with Crippen LogP contribution in [0.5, 0.6) is 0 Å². The molecule has 3 rings (SSSR count). The molecule has 0 aromatic heterocycles. The molecule has 0 saturated heterocycles. The second kappa shape index (κ2) is 7.20. The van der Waals surface area contributed by atoms with Gasteiger partial charge in [-0.1, -0.05) is 55.3 Å². The molecule has 2 atom stereocenters. The molecular weight excluding hydrogens is 365 g/mol. The number of benzene rings is 2. The number of allylic oxidation sites excluding steroid dienone is 1. The van der Waals surface area contributed by atoms with E-state index in [0.29, 0.717) is 12.8 Å². The van der Waals surface area contributed by atoms with Crippen molar-refractivity contribution < 1.29 is 23.0 Å². The summed E-state index contributed by atoms with van der Waals surface area (Å²) in [5, 5.41) is 12.1. The lowest BCUT2D eigenvalue weighted by molar-refractivity contribution is -0.300. The number of halogens is 3. The smallest absolute Gasteiger partial charge is 0.379 e. The standard InChI is InChI=1S/C23H27F3O2/c1-15(2)18-11-10-17-8-7-9-20(19(17)14-18)22(12-5-6-13-22)28-16(3)21(4,27)23(24,25)26/h7-11,14,16,27H,1,5-6,12-13H2,2-4H3. The molecule has 28 heavy (non-hydrogen) atoms. The zero-order chi connectivity index (χ0) is 20.7. The lowest BCUT2D eigenvalue weighted by Crippen LogP contribution is -2.53. The first-order valence-electron chi connectivity index (χ1n) is 9.64. The van der Waals surface area contributed by atoms with Crippen molar-refractivity contribution in [2.75, 3.05) is 0 Å². The number of hydrogen-bond donors (Lipinski definition) is 1. The van der Waals surface area contributed by atoms with Gasteiger partial charge in [0, 0.05) is 0 Å². The highest BCUT2D eigenvalue weighted by Gasteiger charge is 2.56. The maximum Gasteiger partial charge on any atom is 0.419 e. The number of alkyl halides is 3. The van der Waals surface area contributed by atoms with E-state index < -0.39 is 23.5 Å². The molecule has 2 aromatic rings. The molecular formula is C23H27F3O2. The first-order valence-corrected chi connectivity index (χ1v) is 9.64. The normalized spacial score (nSPS) is 20.1. The van der Waals surface area contributed by atoms with Gasteiger partial charge in [0.15, 0.2) is 5.60 Å². The highest BCUT2D eigenvalue weighted by atomic mass is 19.4. The number of aliphatic hydroxyl groups is 1. The van der Waals surface area contributed by atoms with Crippen LogP contribution >= 0.6 is 0 Å². The third-order valence-corrected chi connectivity index (χ3v) is 6.04. The van der Waals surface area contributed by atoms with E-state index in [9.17, 15) is 18.3 Å². The Hall–Kier alpha value is -1.85. The molecule has 1 N–H and O–H groups in total. The quantitative estimate of drug-likeness (QED) is 0.641. The molecule has 2 nitrogen and oxygen atoms in total. The van der Waals surface area contributed by atoms with E-state index in [0.717, 1.165) is 47.2 Å². The fraction of sp³-hybridized carbons (Fsp3) is 0.478. The van der Waals surface area contributed by atoms with E-state index >= 15 is 0 Å². The number of rotatable bonds is 5. The Kier molecular flexibility index (Phi) is 5.36. The van der Waals surface area contributed by atoms with Gasteiger partial charge in [0.2, 0.25) is 0 Å². The van der Waals surface area contributed by atoms with Crippen LogP contribution in [0, 0.1) is 0 Å². The topological polar surface area (TPSA) is 29.5 Å². The van der Waals surface area contributed by atoms with Crippen LogP contribution in [0.15, 0.2) is 43.0 Å². The average molecular weight is 392 g/mol. The van der Waals surface area contributed by atoms with Gasteiger partial charge in [0.05, 0.1) is 11.7 Å². The predicted molar refractivity (Wildman–Crippen MR) is 106 cm³/mol. The molecule has 0 aliphatic heterocycles. The molecule has 2 unspecified atom stereocenters. The molecule has 5 heteroatoms. The van der Waals surface area contributed by atoms with Crippen LogP contribution in [-0.4, -0.2) is 23.0 Å². The van der Waals surface area contributed by atoms with Crippen molar-refractivity contribution in [2.24, 2.45) is 0 Å². The zero-order valence-electron chi connectivity index (χ0n) is 16.6. The molecule has 0 amide bonds. The highest BCUT2D eigenvalue weighted by Crippen LogP contribution is 2.48. The minimum absolute atomic E-state index is 0.627. The first kappa shape index (κ1) is 20.9. The molecule has 1 aliphatic carbocycles. The van der Waals surface area contributed by atoms with Gasteiger partial charge in [0.25, 0.3) is 0 Å². The Morgan fingerprint density at radius 2 is 1.82 bits per heavy atom. The number of hydrogen-bond acceptors (Lipinski definition) is 2. The summed E-state index contributed by atoms with van der Waals surface area (Å²) >= 11 is 0. The minimum atomic E-state index is -4.77. The van der Waals surface area contributed by atoms with Crippen molar-refractivity contribution in [3.8, 4) is 0 Å². The van der Waals surface area contributed by atoms with Crippen molar-refractivity contribution in [3.63, 3.8) is 0 Å². The largest absolute Gasteiger partial charge is 0.419 e. The van der Waals surface area contributed by atoms with Crippen LogP contribution in [0.4, 0.5) is 13.2 Å². The molecule has 2 aromatic carbocycles. The summed E-state index contributed by atoms with van der Waals surface area (Å²) in [7, 11) is 0. The van der Waals surface area contributed by atoms with E-state index in [4.69, 9.17) is 4.74 Å². The number of fused-ring (bicyclic) bond motifs is 1. The molecule has 0 heterocycles. The van der Waals surface area contributed by atoms with Gasteiger partial charge >= 0.3 is 6.18 Å². The number of ether oxygens (including phenoxy) is 1. The molecule has 0 bridgehead atoms. The lowest BCUT2D eigenvalue weighted by Gasteiger charge is -2.40. The molecule has 152 valence electrons. The van der Waals surface area contributed by atoms with Crippen LogP contribution in [0.2, 0.25) is 0 Å². The summed E-state index contributed by atoms with van der Waals surface area (Å²) < 4.78 is 46.1. The molecule has 1 saturated carbocycles. The summed E-state index contributed by atoms with van der Waals surface area (Å²) in [4.78, 5) is 0. The van der Waals surface area contributed by atoms with Crippen LogP contribution < -0.4 is 0 Å². The van der Waals surface area contributed by atoms with Crippen LogP contribution in [0.25, 0.3) is 16.3 Å². The maximum atomic E-state index is 13.3. The van der Waals surface area contributed by atoms with Gasteiger partial charge in [-0.3, -0.25) is 0 Å². The Labute approximate surface area is 164 Å². The zero-order valence-corrected chi connectivity index (χ0v) is 16.6. The molecule has 1 fully saturated rings. The van der Waals surface area contributed by atoms with Crippen LogP contribution in [0.1, 0.15) is 57.6 Å². The second-order valence-corrected chi connectivity index (χ2v) is 8.13. The van der Waals surface area contributed by atoms with Gasteiger partial charge in [-0.2, -0.15) is 13.2 Å². The maximum absolute atomic E-state index is 13.3. The van der Waals surface area contributed by atoms with E-state index in [1.165, 1.54) is 6.92 Å². The van der Waals surface area contributed by atoms with E-state index in [1.54, 1.807) is 0 Å². The van der Waals surface area contributed by atoms with Gasteiger partial charge in [-0.05, 0) is 61.6 Å². The average Bonchev–Trinajstić information content (AvgIpc) is 3.09. The van der Waals surface area contributed by atoms with Gasteiger partial charge < -0.3 is 9.84 Å². The van der Waals surface area contributed by atoms with Gasteiger partial charge in [-0.15, -0.1) is 0 Å². The second-order valence-electron chi connectivity index (χ2n) is 8.13. The van der Waals surface area contributed by atoms with E-state index in [1.807, 2.05) is 43.3 Å². The van der Waals surface area contributed by atoms with Crippen molar-refractivity contribution >= 4 is 16.3 Å². The summed E-state index contributed by atoms with van der Waals surface area (Å²) in [5.74, 6) is 0. The van der Waals surface area contributed by atoms with Gasteiger partial charge in [-0.25, -0.2) is 0 Å². The molecule has 0 radical (unpaired) electrons. The third-order valence-electron chi connectivity index (χ3n) is 6.04. The first-order chi connectivity index (χ1) is 13.0. The summed E-state index contributed by atoms with van der Waals surface area (Å²) in [5.41, 5.74) is -0.969. The fourth-order valence-electron chi connectivity index (χ4n) is 4.02.